The molecule has 0 unspecified atom stereocenters. The molecule has 0 radical (unpaired) electrons. The van der Waals surface area contributed by atoms with Crippen molar-refractivity contribution in [2.24, 2.45) is 0 Å². The zero-order valence-corrected chi connectivity index (χ0v) is 12.6. The number of benzene rings is 2. The molecule has 0 aromatic heterocycles. The molecule has 2 aromatic rings. The summed E-state index contributed by atoms with van der Waals surface area (Å²) in [5.41, 5.74) is 3.76. The third-order valence-electron chi connectivity index (χ3n) is 3.83. The van der Waals surface area contributed by atoms with E-state index in [1.807, 2.05) is 36.4 Å². The Morgan fingerprint density at radius 1 is 1.10 bits per heavy atom. The molecule has 1 heterocycles. The molecular weight excluding hydrogens is 282 g/mol. The van der Waals surface area contributed by atoms with E-state index in [2.05, 4.69) is 17.1 Å². The van der Waals surface area contributed by atoms with Crippen LogP contribution in [0.5, 0.6) is 5.75 Å². The summed E-state index contributed by atoms with van der Waals surface area (Å²) in [6, 6.07) is 13.5. The van der Waals surface area contributed by atoms with Crippen LogP contribution in [0, 0.1) is 0 Å². The molecular formula is C18H18ClNO. The molecule has 1 aliphatic heterocycles. The molecule has 1 N–H and O–H groups in total. The van der Waals surface area contributed by atoms with Gasteiger partial charge in [-0.05, 0) is 47.4 Å². The fourth-order valence-electron chi connectivity index (χ4n) is 2.67. The number of phenolic OH excluding ortho intramolecular Hbond substituents is 1. The highest BCUT2D eigenvalue weighted by molar-refractivity contribution is 6.30. The fourth-order valence-corrected chi connectivity index (χ4v) is 2.79. The van der Waals surface area contributed by atoms with Crippen LogP contribution in [0.15, 0.2) is 48.5 Å². The van der Waals surface area contributed by atoms with Crippen LogP contribution in [0.2, 0.25) is 5.02 Å². The lowest BCUT2D eigenvalue weighted by atomic mass is 9.99. The topological polar surface area (TPSA) is 23.5 Å². The Morgan fingerprint density at radius 2 is 1.90 bits per heavy atom. The van der Waals surface area contributed by atoms with Crippen molar-refractivity contribution in [2.75, 3.05) is 13.1 Å². The van der Waals surface area contributed by atoms with Crippen molar-refractivity contribution in [1.29, 1.82) is 0 Å². The van der Waals surface area contributed by atoms with Crippen LogP contribution in [-0.2, 0) is 13.0 Å². The molecule has 0 bridgehead atoms. The molecule has 0 aliphatic carbocycles. The van der Waals surface area contributed by atoms with Gasteiger partial charge in [0.25, 0.3) is 0 Å². The van der Waals surface area contributed by atoms with Gasteiger partial charge < -0.3 is 5.11 Å². The Bertz CT molecular complexity index is 649. The Labute approximate surface area is 130 Å². The standard InChI is InChI=1S/C18H18ClNO/c19-17-6-3-14(4-7-17)2-1-10-20-11-9-15-12-18(21)8-5-16(15)13-20/h1-8,12,21H,9-11,13H2. The van der Waals surface area contributed by atoms with Gasteiger partial charge >= 0.3 is 0 Å². The number of nitrogens with zero attached hydrogens (tertiary/aromatic N) is 1. The first-order valence-corrected chi connectivity index (χ1v) is 7.54. The molecule has 1 aliphatic rings. The fraction of sp³-hybridized carbons (Fsp3) is 0.222. The third kappa shape index (κ3) is 3.66. The zero-order chi connectivity index (χ0) is 14.7. The van der Waals surface area contributed by atoms with Crippen molar-refractivity contribution in [3.8, 4) is 5.75 Å². The summed E-state index contributed by atoms with van der Waals surface area (Å²) in [5, 5.41) is 10.3. The molecule has 2 aromatic carbocycles. The lowest BCUT2D eigenvalue weighted by Crippen LogP contribution is -2.30. The highest BCUT2D eigenvalue weighted by atomic mass is 35.5. The predicted octanol–water partition coefficient (Wildman–Crippen LogP) is 4.12. The number of hydrogen-bond donors (Lipinski definition) is 1. The first-order valence-electron chi connectivity index (χ1n) is 7.16. The Morgan fingerprint density at radius 3 is 2.71 bits per heavy atom. The quantitative estimate of drug-likeness (QED) is 0.921. The minimum absolute atomic E-state index is 0.366. The first-order chi connectivity index (χ1) is 10.2. The van der Waals surface area contributed by atoms with Gasteiger partial charge in [-0.3, -0.25) is 4.90 Å². The molecule has 0 spiro atoms. The second-order valence-corrected chi connectivity index (χ2v) is 5.83. The maximum Gasteiger partial charge on any atom is 0.115 e. The van der Waals surface area contributed by atoms with E-state index >= 15 is 0 Å². The van der Waals surface area contributed by atoms with Crippen molar-refractivity contribution in [2.45, 2.75) is 13.0 Å². The SMILES string of the molecule is Oc1ccc2c(c1)CCN(CC=Cc1ccc(Cl)cc1)C2. The van der Waals surface area contributed by atoms with Gasteiger partial charge in [-0.25, -0.2) is 0 Å². The number of aromatic hydroxyl groups is 1. The smallest absolute Gasteiger partial charge is 0.115 e. The van der Waals surface area contributed by atoms with Gasteiger partial charge in [-0.1, -0.05) is 42.0 Å². The lowest BCUT2D eigenvalue weighted by molar-refractivity contribution is 0.282. The molecule has 108 valence electrons. The van der Waals surface area contributed by atoms with E-state index in [0.717, 1.165) is 31.1 Å². The maximum atomic E-state index is 9.51. The van der Waals surface area contributed by atoms with Crippen molar-refractivity contribution in [1.82, 2.24) is 4.90 Å². The van der Waals surface area contributed by atoms with Gasteiger partial charge in [0.15, 0.2) is 0 Å². The van der Waals surface area contributed by atoms with Gasteiger partial charge in [0, 0.05) is 24.7 Å². The van der Waals surface area contributed by atoms with Crippen molar-refractivity contribution >= 4 is 17.7 Å². The summed E-state index contributed by atoms with van der Waals surface area (Å²) in [6.45, 7) is 2.91. The van der Waals surface area contributed by atoms with Crippen LogP contribution in [-0.4, -0.2) is 23.1 Å². The highest BCUT2D eigenvalue weighted by Crippen LogP contribution is 2.23. The van der Waals surface area contributed by atoms with E-state index in [4.69, 9.17) is 11.6 Å². The minimum atomic E-state index is 0.366. The summed E-state index contributed by atoms with van der Waals surface area (Å²) in [5.74, 6) is 0.366. The summed E-state index contributed by atoms with van der Waals surface area (Å²) < 4.78 is 0. The summed E-state index contributed by atoms with van der Waals surface area (Å²) in [7, 11) is 0. The second kappa shape index (κ2) is 6.33. The molecule has 3 rings (SSSR count). The molecule has 21 heavy (non-hydrogen) atoms. The number of phenols is 1. The maximum absolute atomic E-state index is 9.51. The van der Waals surface area contributed by atoms with Gasteiger partial charge in [0.1, 0.15) is 5.75 Å². The largest absolute Gasteiger partial charge is 0.508 e. The van der Waals surface area contributed by atoms with Crippen LogP contribution in [0.25, 0.3) is 6.08 Å². The van der Waals surface area contributed by atoms with E-state index in [9.17, 15) is 5.11 Å². The Kier molecular flexibility index (Phi) is 4.28. The van der Waals surface area contributed by atoms with E-state index < -0.39 is 0 Å². The number of fused-ring (bicyclic) bond motifs is 1. The Hall–Kier alpha value is -1.77. The number of halogens is 1. The van der Waals surface area contributed by atoms with E-state index in [1.165, 1.54) is 16.7 Å². The average Bonchev–Trinajstić information content (AvgIpc) is 2.49. The van der Waals surface area contributed by atoms with Gasteiger partial charge in [0.05, 0.1) is 0 Å². The summed E-state index contributed by atoms with van der Waals surface area (Å²) in [4.78, 5) is 2.41. The third-order valence-corrected chi connectivity index (χ3v) is 4.08. The predicted molar refractivity (Wildman–Crippen MR) is 87.6 cm³/mol. The van der Waals surface area contributed by atoms with Crippen molar-refractivity contribution in [3.05, 3.63) is 70.3 Å². The van der Waals surface area contributed by atoms with Crippen molar-refractivity contribution < 1.29 is 5.11 Å². The number of rotatable bonds is 3. The zero-order valence-electron chi connectivity index (χ0n) is 11.8. The van der Waals surface area contributed by atoms with Gasteiger partial charge in [-0.15, -0.1) is 0 Å². The number of hydrogen-bond acceptors (Lipinski definition) is 2. The van der Waals surface area contributed by atoms with E-state index in [1.54, 1.807) is 6.07 Å². The first kappa shape index (κ1) is 14.2. The molecule has 2 nitrogen and oxygen atoms in total. The van der Waals surface area contributed by atoms with Crippen LogP contribution in [0.4, 0.5) is 0 Å². The monoisotopic (exact) mass is 299 g/mol. The molecule has 0 saturated carbocycles. The molecule has 0 fully saturated rings. The van der Waals surface area contributed by atoms with Crippen LogP contribution < -0.4 is 0 Å². The normalized spacial score (nSPS) is 15.3. The molecule has 0 amide bonds. The molecule has 0 saturated heterocycles. The van der Waals surface area contributed by atoms with Gasteiger partial charge in [-0.2, -0.15) is 0 Å². The van der Waals surface area contributed by atoms with Gasteiger partial charge in [0.2, 0.25) is 0 Å². The molecule has 3 heteroatoms. The summed E-state index contributed by atoms with van der Waals surface area (Å²) in [6.07, 6.45) is 5.32. The minimum Gasteiger partial charge on any atom is -0.508 e. The van der Waals surface area contributed by atoms with Crippen LogP contribution >= 0.6 is 11.6 Å². The van der Waals surface area contributed by atoms with E-state index in [0.29, 0.717) is 5.75 Å². The summed E-state index contributed by atoms with van der Waals surface area (Å²) >= 11 is 5.88. The average molecular weight is 300 g/mol. The van der Waals surface area contributed by atoms with E-state index in [-0.39, 0.29) is 0 Å². The highest BCUT2D eigenvalue weighted by Gasteiger charge is 2.15. The second-order valence-electron chi connectivity index (χ2n) is 5.39. The van der Waals surface area contributed by atoms with Crippen molar-refractivity contribution in [3.63, 3.8) is 0 Å². The van der Waals surface area contributed by atoms with Crippen LogP contribution in [0.1, 0.15) is 16.7 Å². The lowest BCUT2D eigenvalue weighted by Gasteiger charge is -2.27. The van der Waals surface area contributed by atoms with Crippen LogP contribution in [0.3, 0.4) is 0 Å². The Balaban J connectivity index is 1.60. The molecule has 0 atom stereocenters.